The quantitative estimate of drug-likeness (QED) is 0.502. The van der Waals surface area contributed by atoms with Crippen LogP contribution in [0, 0.1) is 10.8 Å². The lowest BCUT2D eigenvalue weighted by Crippen LogP contribution is -2.15. The van der Waals surface area contributed by atoms with E-state index in [1.54, 1.807) is 0 Å². The fourth-order valence-electron chi connectivity index (χ4n) is 1.87. The van der Waals surface area contributed by atoms with E-state index in [0.29, 0.717) is 13.2 Å². The van der Waals surface area contributed by atoms with Crippen LogP contribution in [-0.4, -0.2) is 46.4 Å². The summed E-state index contributed by atoms with van der Waals surface area (Å²) in [5, 5.41) is 18.0. The molecule has 0 fully saturated rings. The fraction of sp³-hybridized carbons (Fsp3) is 1.00. The third-order valence-electron chi connectivity index (χ3n) is 3.80. The molecule has 4 heteroatoms. The minimum absolute atomic E-state index is 0.281. The van der Waals surface area contributed by atoms with Gasteiger partial charge in [-0.3, -0.25) is 0 Å². The molecule has 0 aliphatic rings. The monoisotopic (exact) mass is 322 g/mol. The van der Waals surface area contributed by atoms with E-state index in [2.05, 4.69) is 27.7 Å². The maximum atomic E-state index is 8.98. The molecule has 0 saturated heterocycles. The molecule has 2 nitrogen and oxygen atoms in total. The zero-order valence-electron chi connectivity index (χ0n) is 13.8. The second-order valence-corrected chi connectivity index (χ2v) is 9.45. The Morgan fingerprint density at radius 1 is 0.600 bits per heavy atom. The van der Waals surface area contributed by atoms with E-state index < -0.39 is 0 Å². The largest absolute Gasteiger partial charge is 0.396 e. The second kappa shape index (κ2) is 11.2. The van der Waals surface area contributed by atoms with Gasteiger partial charge in [0.2, 0.25) is 0 Å². The molecule has 0 aliphatic heterocycles. The van der Waals surface area contributed by atoms with Crippen molar-refractivity contribution < 1.29 is 10.2 Å². The minimum Gasteiger partial charge on any atom is -0.396 e. The normalized spacial score (nSPS) is 12.9. The van der Waals surface area contributed by atoms with Crippen molar-refractivity contribution in [1.29, 1.82) is 0 Å². The lowest BCUT2D eigenvalue weighted by Gasteiger charge is -2.23. The van der Waals surface area contributed by atoms with E-state index in [0.717, 1.165) is 12.8 Å². The molecule has 0 aromatic rings. The number of aliphatic hydroxyl groups excluding tert-OH is 2. The molecule has 0 rings (SSSR count). The van der Waals surface area contributed by atoms with Gasteiger partial charge in [0.1, 0.15) is 0 Å². The van der Waals surface area contributed by atoms with Crippen molar-refractivity contribution in [2.45, 2.75) is 53.4 Å². The van der Waals surface area contributed by atoms with Gasteiger partial charge in [-0.2, -0.15) is 23.5 Å². The predicted molar refractivity (Wildman–Crippen MR) is 94.9 cm³/mol. The van der Waals surface area contributed by atoms with Crippen LogP contribution in [0.4, 0.5) is 0 Å². The van der Waals surface area contributed by atoms with Crippen LogP contribution in [0.15, 0.2) is 0 Å². The second-order valence-electron chi connectivity index (χ2n) is 7.00. The fourth-order valence-corrected chi connectivity index (χ4v) is 4.62. The maximum Gasteiger partial charge on any atom is 0.0436 e. The molecule has 0 saturated carbocycles. The molecule has 0 radical (unpaired) electrons. The Kier molecular flexibility index (Phi) is 11.6. The summed E-state index contributed by atoms with van der Waals surface area (Å²) >= 11 is 4.06. The molecule has 2 N–H and O–H groups in total. The molecule has 20 heavy (non-hydrogen) atoms. The minimum atomic E-state index is 0.281. The van der Waals surface area contributed by atoms with E-state index >= 15 is 0 Å². The first-order valence-corrected chi connectivity index (χ1v) is 10.0. The van der Waals surface area contributed by atoms with Gasteiger partial charge in [0.15, 0.2) is 0 Å². The average molecular weight is 323 g/mol. The molecule has 0 aliphatic carbocycles. The Balaban J connectivity index is 3.41. The highest BCUT2D eigenvalue weighted by Crippen LogP contribution is 2.28. The highest BCUT2D eigenvalue weighted by Gasteiger charge is 2.17. The van der Waals surface area contributed by atoms with Gasteiger partial charge in [0.25, 0.3) is 0 Å². The van der Waals surface area contributed by atoms with E-state index in [1.165, 1.54) is 35.9 Å². The van der Waals surface area contributed by atoms with Gasteiger partial charge in [-0.15, -0.1) is 0 Å². The molecular formula is C16H34O2S2. The van der Waals surface area contributed by atoms with Crippen molar-refractivity contribution in [2.75, 3.05) is 36.2 Å². The molecule has 0 aromatic carbocycles. The Hall–Kier alpha value is 0.620. The van der Waals surface area contributed by atoms with Gasteiger partial charge in [-0.1, -0.05) is 27.7 Å². The van der Waals surface area contributed by atoms with Gasteiger partial charge in [0, 0.05) is 24.7 Å². The van der Waals surface area contributed by atoms with Gasteiger partial charge in [0.05, 0.1) is 0 Å². The number of hydrogen-bond acceptors (Lipinski definition) is 4. The molecule has 0 bridgehead atoms. The summed E-state index contributed by atoms with van der Waals surface area (Å²) in [5.74, 6) is 4.84. The van der Waals surface area contributed by atoms with Crippen LogP contribution in [-0.2, 0) is 0 Å². The molecule has 0 heterocycles. The number of aliphatic hydroxyl groups is 2. The Labute approximate surface area is 134 Å². The van der Waals surface area contributed by atoms with Crippen LogP contribution in [0.5, 0.6) is 0 Å². The third kappa shape index (κ3) is 12.4. The van der Waals surface area contributed by atoms with E-state index in [1.807, 2.05) is 23.5 Å². The lowest BCUT2D eigenvalue weighted by atomic mass is 9.87. The van der Waals surface area contributed by atoms with Crippen molar-refractivity contribution in [3.05, 3.63) is 0 Å². The molecule has 0 unspecified atom stereocenters. The topological polar surface area (TPSA) is 40.5 Å². The van der Waals surface area contributed by atoms with Crippen LogP contribution >= 0.6 is 23.5 Å². The summed E-state index contributed by atoms with van der Waals surface area (Å²) in [6.45, 7) is 9.56. The molecule has 0 amide bonds. The summed E-state index contributed by atoms with van der Waals surface area (Å²) < 4.78 is 0. The summed E-state index contributed by atoms with van der Waals surface area (Å²) in [4.78, 5) is 0. The van der Waals surface area contributed by atoms with Crippen LogP contribution in [0.2, 0.25) is 0 Å². The van der Waals surface area contributed by atoms with Crippen molar-refractivity contribution in [3.8, 4) is 0 Å². The first-order chi connectivity index (χ1) is 9.33. The first-order valence-electron chi connectivity index (χ1n) is 7.70. The van der Waals surface area contributed by atoms with Crippen LogP contribution < -0.4 is 0 Å². The Morgan fingerprint density at radius 3 is 1.25 bits per heavy atom. The van der Waals surface area contributed by atoms with Crippen molar-refractivity contribution in [1.82, 2.24) is 0 Å². The van der Waals surface area contributed by atoms with Crippen LogP contribution in [0.1, 0.15) is 53.4 Å². The molecular weight excluding hydrogens is 288 g/mol. The zero-order chi connectivity index (χ0) is 15.5. The highest BCUT2D eigenvalue weighted by atomic mass is 32.2. The summed E-state index contributed by atoms with van der Waals surface area (Å²) in [6.07, 6.45) is 4.18. The number of hydrogen-bond donors (Lipinski definition) is 2. The summed E-state index contributed by atoms with van der Waals surface area (Å²) in [5.41, 5.74) is 0.562. The highest BCUT2D eigenvalue weighted by molar-refractivity contribution is 8.02. The van der Waals surface area contributed by atoms with Gasteiger partial charge in [-0.05, 0) is 48.0 Å². The predicted octanol–water partition coefficient (Wildman–Crippen LogP) is 4.05. The summed E-state index contributed by atoms with van der Waals surface area (Å²) in [7, 11) is 0. The molecule has 0 aromatic heterocycles. The smallest absolute Gasteiger partial charge is 0.0436 e. The van der Waals surface area contributed by atoms with Crippen molar-refractivity contribution >= 4 is 23.5 Å². The molecule has 0 atom stereocenters. The van der Waals surface area contributed by atoms with E-state index in [9.17, 15) is 0 Å². The zero-order valence-corrected chi connectivity index (χ0v) is 15.4. The van der Waals surface area contributed by atoms with Gasteiger partial charge >= 0.3 is 0 Å². The molecule has 122 valence electrons. The van der Waals surface area contributed by atoms with Gasteiger partial charge in [-0.25, -0.2) is 0 Å². The van der Waals surface area contributed by atoms with E-state index in [-0.39, 0.29) is 10.8 Å². The maximum absolute atomic E-state index is 8.98. The lowest BCUT2D eigenvalue weighted by molar-refractivity contribution is 0.208. The van der Waals surface area contributed by atoms with Gasteiger partial charge < -0.3 is 10.2 Å². The SMILES string of the molecule is CC(C)(CCO)CCSCCSCCC(C)(C)CCO. The third-order valence-corrected chi connectivity index (χ3v) is 6.03. The van der Waals surface area contributed by atoms with Crippen LogP contribution in [0.3, 0.4) is 0 Å². The number of rotatable bonds is 13. The Morgan fingerprint density at radius 2 is 0.950 bits per heavy atom. The standard InChI is InChI=1S/C16H34O2S2/c1-15(2,5-9-17)7-11-19-13-14-20-12-8-16(3,4)6-10-18/h17-18H,5-14H2,1-4H3. The van der Waals surface area contributed by atoms with Crippen LogP contribution in [0.25, 0.3) is 0 Å². The summed E-state index contributed by atoms with van der Waals surface area (Å²) in [6, 6.07) is 0. The first kappa shape index (κ1) is 20.6. The Bertz CT molecular complexity index is 207. The average Bonchev–Trinajstić information content (AvgIpc) is 2.32. The number of thioether (sulfide) groups is 2. The van der Waals surface area contributed by atoms with Crippen molar-refractivity contribution in [3.63, 3.8) is 0 Å². The van der Waals surface area contributed by atoms with E-state index in [4.69, 9.17) is 10.2 Å². The van der Waals surface area contributed by atoms with Crippen molar-refractivity contribution in [2.24, 2.45) is 10.8 Å². The molecule has 0 spiro atoms.